The van der Waals surface area contributed by atoms with Crippen molar-refractivity contribution >= 4 is 40.3 Å². The molecule has 2 heterocycles. The van der Waals surface area contributed by atoms with Gasteiger partial charge in [0.15, 0.2) is 0 Å². The zero-order chi connectivity index (χ0) is 24.4. The lowest BCUT2D eigenvalue weighted by molar-refractivity contribution is -0.138. The number of benzene rings is 2. The lowest BCUT2D eigenvalue weighted by atomic mass is 9.77. The lowest BCUT2D eigenvalue weighted by Gasteiger charge is -2.28. The summed E-state index contributed by atoms with van der Waals surface area (Å²) in [5, 5.41) is 22.5. The summed E-state index contributed by atoms with van der Waals surface area (Å²) in [6.07, 6.45) is 4.07. The number of aromatic amines is 1. The van der Waals surface area contributed by atoms with Gasteiger partial charge in [-0.1, -0.05) is 17.2 Å². The van der Waals surface area contributed by atoms with E-state index in [2.05, 4.69) is 30.8 Å². The highest BCUT2D eigenvalue weighted by atomic mass is 16.4. The Bertz CT molecular complexity index is 1350. The molecule has 1 aliphatic carbocycles. The summed E-state index contributed by atoms with van der Waals surface area (Å²) in [4.78, 5) is 31.0. The number of carboxylic acids is 1. The van der Waals surface area contributed by atoms with Gasteiger partial charge in [0.1, 0.15) is 5.82 Å². The van der Waals surface area contributed by atoms with Crippen molar-refractivity contribution in [2.24, 2.45) is 5.92 Å². The van der Waals surface area contributed by atoms with E-state index < -0.39 is 11.9 Å². The number of carbonyl (C=O) groups excluding carboxylic acids is 1. The van der Waals surface area contributed by atoms with Gasteiger partial charge in [-0.3, -0.25) is 9.59 Å². The number of aromatic nitrogens is 4. The molecule has 0 saturated heterocycles. The largest absolute Gasteiger partial charge is 0.481 e. The maximum absolute atomic E-state index is 12.6. The molecule has 35 heavy (non-hydrogen) atoms. The zero-order valence-electron chi connectivity index (χ0n) is 19.2. The van der Waals surface area contributed by atoms with Gasteiger partial charge in [-0.2, -0.15) is 0 Å². The molecule has 0 spiro atoms. The standard InChI is InChI=1S/C25H26N6O4/c1-14-26-20-11-10-19(13-21(20)27-14)29-25-31-30-24(35-25)23(34)28-18-8-6-17(7-9-18)16-4-2-15(3-5-16)12-22(32)33/h6-11,13,15-16H,2-5,12H2,1H3,(H,26,27)(H,28,34)(H,29,31)(H,32,33). The van der Waals surface area contributed by atoms with E-state index in [-0.39, 0.29) is 24.2 Å². The third kappa shape index (κ3) is 5.32. The second-order valence-electron chi connectivity index (χ2n) is 8.98. The van der Waals surface area contributed by atoms with Crippen molar-refractivity contribution in [3.05, 3.63) is 59.7 Å². The summed E-state index contributed by atoms with van der Waals surface area (Å²) in [5.74, 6) is 0.153. The van der Waals surface area contributed by atoms with Crippen LogP contribution in [0.5, 0.6) is 0 Å². The van der Waals surface area contributed by atoms with Gasteiger partial charge < -0.3 is 25.1 Å². The smallest absolute Gasteiger partial charge is 0.320 e. The summed E-state index contributed by atoms with van der Waals surface area (Å²) >= 11 is 0. The van der Waals surface area contributed by atoms with E-state index in [1.165, 1.54) is 5.56 Å². The van der Waals surface area contributed by atoms with Crippen LogP contribution >= 0.6 is 0 Å². The van der Waals surface area contributed by atoms with Crippen molar-refractivity contribution < 1.29 is 19.1 Å². The summed E-state index contributed by atoms with van der Waals surface area (Å²) in [6.45, 7) is 1.89. The van der Waals surface area contributed by atoms with Gasteiger partial charge in [0.05, 0.1) is 11.0 Å². The van der Waals surface area contributed by atoms with Gasteiger partial charge in [0, 0.05) is 17.8 Å². The molecule has 2 aromatic carbocycles. The third-order valence-electron chi connectivity index (χ3n) is 6.42. The van der Waals surface area contributed by atoms with Crippen LogP contribution in [0.3, 0.4) is 0 Å². The minimum absolute atomic E-state index is 0.111. The SMILES string of the molecule is Cc1nc2ccc(Nc3nnc(C(=O)Nc4ccc(C5CCC(CC(=O)O)CC5)cc4)o3)cc2[nH]1. The van der Waals surface area contributed by atoms with Crippen LogP contribution in [0.2, 0.25) is 0 Å². The van der Waals surface area contributed by atoms with Crippen LogP contribution in [-0.2, 0) is 4.79 Å². The molecule has 1 saturated carbocycles. The Hall–Kier alpha value is -4.21. The molecular weight excluding hydrogens is 448 g/mol. The van der Waals surface area contributed by atoms with Crippen molar-refractivity contribution in [1.82, 2.24) is 20.2 Å². The molecule has 10 heteroatoms. The molecule has 0 aliphatic heterocycles. The molecular formula is C25H26N6O4. The predicted octanol–water partition coefficient (Wildman–Crippen LogP) is 5.00. The van der Waals surface area contributed by atoms with E-state index in [9.17, 15) is 9.59 Å². The van der Waals surface area contributed by atoms with E-state index in [0.29, 0.717) is 11.6 Å². The lowest BCUT2D eigenvalue weighted by Crippen LogP contribution is -2.16. The Balaban J connectivity index is 1.17. The number of fused-ring (bicyclic) bond motifs is 1. The molecule has 4 aromatic rings. The number of H-pyrrole nitrogens is 1. The maximum Gasteiger partial charge on any atom is 0.320 e. The molecule has 1 aliphatic rings. The maximum atomic E-state index is 12.6. The third-order valence-corrected chi connectivity index (χ3v) is 6.42. The first-order valence-corrected chi connectivity index (χ1v) is 11.6. The number of aliphatic carboxylic acids is 1. The van der Waals surface area contributed by atoms with E-state index in [1.807, 2.05) is 49.4 Å². The second kappa shape index (κ2) is 9.57. The minimum atomic E-state index is -0.719. The predicted molar refractivity (Wildman–Crippen MR) is 130 cm³/mol. The average Bonchev–Trinajstić information content (AvgIpc) is 3.45. The Kier molecular flexibility index (Phi) is 6.17. The first-order valence-electron chi connectivity index (χ1n) is 11.6. The van der Waals surface area contributed by atoms with Crippen LogP contribution in [0.15, 0.2) is 46.9 Å². The Morgan fingerprint density at radius 1 is 1.06 bits per heavy atom. The number of amides is 1. The second-order valence-corrected chi connectivity index (χ2v) is 8.98. The fourth-order valence-corrected chi connectivity index (χ4v) is 4.67. The molecule has 180 valence electrons. The first kappa shape index (κ1) is 22.6. The highest BCUT2D eigenvalue weighted by Gasteiger charge is 2.24. The Morgan fingerprint density at radius 3 is 2.54 bits per heavy atom. The fraction of sp³-hybridized carbons (Fsp3) is 0.320. The summed E-state index contributed by atoms with van der Waals surface area (Å²) in [5.41, 5.74) is 4.29. The van der Waals surface area contributed by atoms with E-state index in [4.69, 9.17) is 9.52 Å². The first-order chi connectivity index (χ1) is 16.9. The van der Waals surface area contributed by atoms with Crippen LogP contribution in [0, 0.1) is 12.8 Å². The van der Waals surface area contributed by atoms with Crippen molar-refractivity contribution in [2.45, 2.75) is 44.9 Å². The molecule has 1 fully saturated rings. The molecule has 1 amide bonds. The fourth-order valence-electron chi connectivity index (χ4n) is 4.67. The molecule has 5 rings (SSSR count). The van der Waals surface area contributed by atoms with Crippen molar-refractivity contribution in [2.75, 3.05) is 10.6 Å². The van der Waals surface area contributed by atoms with Gasteiger partial charge in [-0.15, -0.1) is 5.10 Å². The van der Waals surface area contributed by atoms with Crippen LogP contribution in [0.4, 0.5) is 17.4 Å². The van der Waals surface area contributed by atoms with Gasteiger partial charge in [0.2, 0.25) is 0 Å². The highest BCUT2D eigenvalue weighted by Crippen LogP contribution is 2.37. The molecule has 0 bridgehead atoms. The van der Waals surface area contributed by atoms with E-state index >= 15 is 0 Å². The highest BCUT2D eigenvalue weighted by molar-refractivity contribution is 6.00. The molecule has 10 nitrogen and oxygen atoms in total. The summed E-state index contributed by atoms with van der Waals surface area (Å²) < 4.78 is 5.48. The van der Waals surface area contributed by atoms with Crippen LogP contribution < -0.4 is 10.6 Å². The summed E-state index contributed by atoms with van der Waals surface area (Å²) in [7, 11) is 0. The number of nitrogens with zero attached hydrogens (tertiary/aromatic N) is 3. The van der Waals surface area contributed by atoms with Crippen molar-refractivity contribution in [3.63, 3.8) is 0 Å². The molecule has 0 radical (unpaired) electrons. The van der Waals surface area contributed by atoms with Crippen molar-refractivity contribution in [1.29, 1.82) is 0 Å². The normalized spacial score (nSPS) is 17.9. The zero-order valence-corrected chi connectivity index (χ0v) is 19.2. The Labute approximate surface area is 201 Å². The molecule has 2 aromatic heterocycles. The minimum Gasteiger partial charge on any atom is -0.481 e. The van der Waals surface area contributed by atoms with Gasteiger partial charge in [0.25, 0.3) is 0 Å². The number of nitrogens with one attached hydrogen (secondary N) is 3. The van der Waals surface area contributed by atoms with Gasteiger partial charge in [-0.05, 0) is 80.3 Å². The van der Waals surface area contributed by atoms with Crippen molar-refractivity contribution in [3.8, 4) is 0 Å². The summed E-state index contributed by atoms with van der Waals surface area (Å²) in [6, 6.07) is 13.4. The number of anilines is 3. The Morgan fingerprint density at radius 2 is 1.80 bits per heavy atom. The van der Waals surface area contributed by atoms with E-state index in [1.54, 1.807) is 0 Å². The number of aryl methyl sites for hydroxylation is 1. The number of carbonyl (C=O) groups is 2. The monoisotopic (exact) mass is 474 g/mol. The topological polar surface area (TPSA) is 146 Å². The molecule has 4 N–H and O–H groups in total. The van der Waals surface area contributed by atoms with Crippen LogP contribution in [-0.4, -0.2) is 37.1 Å². The van der Waals surface area contributed by atoms with E-state index in [0.717, 1.165) is 48.2 Å². The average molecular weight is 475 g/mol. The van der Waals surface area contributed by atoms with Gasteiger partial charge >= 0.3 is 23.8 Å². The quantitative estimate of drug-likeness (QED) is 0.293. The molecule has 0 unspecified atom stereocenters. The number of imidazole rings is 1. The molecule has 0 atom stereocenters. The van der Waals surface area contributed by atoms with Crippen LogP contribution in [0.1, 0.15) is 60.1 Å². The van der Waals surface area contributed by atoms with Gasteiger partial charge in [-0.25, -0.2) is 4.98 Å². The number of carboxylic acid groups (broad SMARTS) is 1. The number of hydrogen-bond acceptors (Lipinski definition) is 7. The number of rotatable bonds is 7. The number of hydrogen-bond donors (Lipinski definition) is 4. The van der Waals surface area contributed by atoms with Crippen LogP contribution in [0.25, 0.3) is 11.0 Å².